The lowest BCUT2D eigenvalue weighted by Gasteiger charge is -2.38. The fourth-order valence-electron chi connectivity index (χ4n) is 3.73. The van der Waals surface area contributed by atoms with Gasteiger partial charge >= 0.3 is 6.18 Å². The van der Waals surface area contributed by atoms with Crippen LogP contribution in [0.2, 0.25) is 0 Å². The van der Waals surface area contributed by atoms with Gasteiger partial charge in [-0.05, 0) is 43.4 Å². The number of alkyl halides is 3. The minimum absolute atomic E-state index is 0.251. The van der Waals surface area contributed by atoms with Gasteiger partial charge in [-0.15, -0.1) is 0 Å². The molecule has 1 atom stereocenters. The Morgan fingerprint density at radius 1 is 1.20 bits per heavy atom. The lowest BCUT2D eigenvalue weighted by Crippen LogP contribution is -2.52. The number of hydrogen-bond donors (Lipinski definition) is 0. The predicted octanol–water partition coefficient (Wildman–Crippen LogP) is 5.14. The summed E-state index contributed by atoms with van der Waals surface area (Å²) in [6.07, 6.45) is -4.03. The fraction of sp³-hybridized carbons (Fsp3) is 0.667. The molecule has 140 valence electrons. The Morgan fingerprint density at radius 3 is 2.44 bits per heavy atom. The van der Waals surface area contributed by atoms with Crippen LogP contribution in [0, 0.1) is 0 Å². The molecule has 0 amide bonds. The molecule has 25 heavy (non-hydrogen) atoms. The molecule has 0 spiro atoms. The maximum Gasteiger partial charge on any atom is 0.419 e. The number of halogens is 4. The molecule has 1 saturated heterocycles. The first-order valence-corrected chi connectivity index (χ1v) is 9.01. The van der Waals surface area contributed by atoms with E-state index >= 15 is 0 Å². The topological polar surface area (TPSA) is 27.7 Å². The molecule has 0 bridgehead atoms. The zero-order valence-corrected chi connectivity index (χ0v) is 16.3. The summed E-state index contributed by atoms with van der Waals surface area (Å²) >= 11 is 3.46. The van der Waals surface area contributed by atoms with Crippen molar-refractivity contribution in [2.75, 3.05) is 13.2 Å². The average molecular weight is 423 g/mol. The highest BCUT2D eigenvalue weighted by Crippen LogP contribution is 2.51. The van der Waals surface area contributed by atoms with Crippen molar-refractivity contribution in [2.24, 2.45) is 0 Å². The standard InChI is InChI=1S/C18H22BrF3O3/c1-15(2,13-8-12(19)7-11-5-6-23-14(11)13)9-17(18(20,21)22)10-24-16(3,4)25-17/h7-8H,5-6,9-10H2,1-4H3. The summed E-state index contributed by atoms with van der Waals surface area (Å²) in [6.45, 7) is 6.63. The van der Waals surface area contributed by atoms with Crippen LogP contribution in [0.3, 0.4) is 0 Å². The number of hydrogen-bond acceptors (Lipinski definition) is 3. The minimum atomic E-state index is -4.53. The second-order valence-electron chi connectivity index (χ2n) is 7.88. The second-order valence-corrected chi connectivity index (χ2v) is 8.80. The van der Waals surface area contributed by atoms with Crippen molar-refractivity contribution < 1.29 is 27.4 Å². The van der Waals surface area contributed by atoms with Crippen molar-refractivity contribution in [3.8, 4) is 5.75 Å². The molecule has 1 aromatic carbocycles. The van der Waals surface area contributed by atoms with Gasteiger partial charge in [-0.25, -0.2) is 0 Å². The number of fused-ring (bicyclic) bond motifs is 1. The van der Waals surface area contributed by atoms with Gasteiger partial charge in [0.25, 0.3) is 0 Å². The molecular weight excluding hydrogens is 401 g/mol. The van der Waals surface area contributed by atoms with Crippen molar-refractivity contribution in [1.82, 2.24) is 0 Å². The second kappa shape index (κ2) is 5.86. The highest BCUT2D eigenvalue weighted by Gasteiger charge is 2.64. The van der Waals surface area contributed by atoms with Crippen molar-refractivity contribution in [3.63, 3.8) is 0 Å². The molecule has 1 aromatic rings. The van der Waals surface area contributed by atoms with Gasteiger partial charge in [-0.2, -0.15) is 13.2 Å². The van der Waals surface area contributed by atoms with Crippen LogP contribution < -0.4 is 4.74 Å². The van der Waals surface area contributed by atoms with E-state index in [9.17, 15) is 13.2 Å². The smallest absolute Gasteiger partial charge is 0.419 e. The van der Waals surface area contributed by atoms with Crippen LogP contribution in [0.15, 0.2) is 16.6 Å². The number of benzene rings is 1. The zero-order chi connectivity index (χ0) is 18.7. The van der Waals surface area contributed by atoms with Crippen molar-refractivity contribution in [1.29, 1.82) is 0 Å². The third kappa shape index (κ3) is 3.43. The highest BCUT2D eigenvalue weighted by atomic mass is 79.9. The Hall–Kier alpha value is -0.790. The Bertz CT molecular complexity index is 685. The Labute approximate surface area is 154 Å². The van der Waals surface area contributed by atoms with Crippen molar-refractivity contribution in [3.05, 3.63) is 27.7 Å². The van der Waals surface area contributed by atoms with E-state index in [1.165, 1.54) is 13.8 Å². The van der Waals surface area contributed by atoms with Gasteiger partial charge in [-0.1, -0.05) is 29.8 Å². The molecule has 2 heterocycles. The molecule has 1 unspecified atom stereocenters. The number of rotatable bonds is 3. The molecule has 2 aliphatic heterocycles. The van der Waals surface area contributed by atoms with Gasteiger partial charge in [0.2, 0.25) is 0 Å². The quantitative estimate of drug-likeness (QED) is 0.674. The molecule has 0 radical (unpaired) electrons. The van der Waals surface area contributed by atoms with Crippen LogP contribution >= 0.6 is 15.9 Å². The first-order chi connectivity index (χ1) is 11.4. The van der Waals surface area contributed by atoms with Crippen LogP contribution in [0.5, 0.6) is 5.75 Å². The predicted molar refractivity (Wildman–Crippen MR) is 90.9 cm³/mol. The first-order valence-electron chi connectivity index (χ1n) is 8.22. The van der Waals surface area contributed by atoms with Crippen LogP contribution in [0.25, 0.3) is 0 Å². The molecule has 0 aliphatic carbocycles. The largest absolute Gasteiger partial charge is 0.493 e. The summed E-state index contributed by atoms with van der Waals surface area (Å²) in [5.74, 6) is -0.565. The summed E-state index contributed by atoms with van der Waals surface area (Å²) in [4.78, 5) is 0. The molecule has 3 nitrogen and oxygen atoms in total. The van der Waals surface area contributed by atoms with Crippen LogP contribution in [-0.4, -0.2) is 30.8 Å². The van der Waals surface area contributed by atoms with E-state index in [0.717, 1.165) is 22.0 Å². The van der Waals surface area contributed by atoms with Crippen LogP contribution in [0.4, 0.5) is 13.2 Å². The molecule has 0 N–H and O–H groups in total. The Balaban J connectivity index is 2.01. The van der Waals surface area contributed by atoms with E-state index in [1.54, 1.807) is 13.8 Å². The summed E-state index contributed by atoms with van der Waals surface area (Å²) < 4.78 is 59.0. The SMILES string of the molecule is CC1(C)OCC(CC(C)(C)c2cc(Br)cc3c2OCC3)(C(F)(F)F)O1. The van der Waals surface area contributed by atoms with E-state index in [2.05, 4.69) is 15.9 Å². The molecule has 0 saturated carbocycles. The van der Waals surface area contributed by atoms with Gasteiger partial charge in [-0.3, -0.25) is 0 Å². The molecule has 3 rings (SSSR count). The van der Waals surface area contributed by atoms with E-state index < -0.39 is 29.6 Å². The average Bonchev–Trinajstić information content (AvgIpc) is 3.01. The zero-order valence-electron chi connectivity index (χ0n) is 14.7. The van der Waals surface area contributed by atoms with Gasteiger partial charge in [0.1, 0.15) is 5.75 Å². The van der Waals surface area contributed by atoms with Crippen LogP contribution in [-0.2, 0) is 21.3 Å². The Kier molecular flexibility index (Phi) is 4.45. The Morgan fingerprint density at radius 2 is 1.88 bits per heavy atom. The fourth-order valence-corrected chi connectivity index (χ4v) is 4.23. The monoisotopic (exact) mass is 422 g/mol. The van der Waals surface area contributed by atoms with E-state index in [1.807, 2.05) is 12.1 Å². The van der Waals surface area contributed by atoms with E-state index in [4.69, 9.17) is 14.2 Å². The van der Waals surface area contributed by atoms with Crippen molar-refractivity contribution in [2.45, 2.75) is 63.5 Å². The maximum atomic E-state index is 13.9. The lowest BCUT2D eigenvalue weighted by atomic mass is 9.74. The molecule has 2 aliphatic rings. The van der Waals surface area contributed by atoms with E-state index in [0.29, 0.717) is 12.4 Å². The summed E-state index contributed by atoms with van der Waals surface area (Å²) in [6, 6.07) is 3.80. The number of ether oxygens (including phenoxy) is 3. The third-order valence-electron chi connectivity index (χ3n) is 4.82. The summed E-state index contributed by atoms with van der Waals surface area (Å²) in [5.41, 5.74) is -1.39. The maximum absolute atomic E-state index is 13.9. The molecule has 1 fully saturated rings. The van der Waals surface area contributed by atoms with Crippen molar-refractivity contribution >= 4 is 15.9 Å². The highest BCUT2D eigenvalue weighted by molar-refractivity contribution is 9.10. The van der Waals surface area contributed by atoms with E-state index in [-0.39, 0.29) is 6.42 Å². The lowest BCUT2D eigenvalue weighted by molar-refractivity contribution is -0.289. The first kappa shape index (κ1) is 19.0. The summed E-state index contributed by atoms with van der Waals surface area (Å²) in [7, 11) is 0. The van der Waals surface area contributed by atoms with Crippen LogP contribution in [0.1, 0.15) is 45.2 Å². The van der Waals surface area contributed by atoms with Gasteiger partial charge < -0.3 is 14.2 Å². The van der Waals surface area contributed by atoms with Gasteiger partial charge in [0.15, 0.2) is 11.4 Å². The van der Waals surface area contributed by atoms with Gasteiger partial charge in [0, 0.05) is 16.5 Å². The van der Waals surface area contributed by atoms with Gasteiger partial charge in [0.05, 0.1) is 13.2 Å². The third-order valence-corrected chi connectivity index (χ3v) is 5.27. The summed E-state index contributed by atoms with van der Waals surface area (Å²) in [5, 5.41) is 0. The minimum Gasteiger partial charge on any atom is -0.493 e. The molecule has 7 heteroatoms. The molecule has 0 aromatic heterocycles. The molecular formula is C18H22BrF3O3. The normalized spacial score (nSPS) is 25.8.